The van der Waals surface area contributed by atoms with Gasteiger partial charge in [-0.3, -0.25) is 14.3 Å². The van der Waals surface area contributed by atoms with Gasteiger partial charge < -0.3 is 15.2 Å². The number of carboxylic acid groups (broad SMARTS) is 1. The summed E-state index contributed by atoms with van der Waals surface area (Å²) in [5.74, 6) is -0.469. The summed E-state index contributed by atoms with van der Waals surface area (Å²) < 4.78 is 6.76. The van der Waals surface area contributed by atoms with Crippen LogP contribution in [0.3, 0.4) is 0 Å². The highest BCUT2D eigenvalue weighted by Gasteiger charge is 2.09. The fraction of sp³-hybridized carbons (Fsp3) is 0.267. The van der Waals surface area contributed by atoms with E-state index < -0.39 is 5.97 Å². The average Bonchev–Trinajstić information content (AvgIpc) is 2.96. The number of carbonyl (C=O) groups is 2. The molecule has 0 unspecified atom stereocenters. The zero-order chi connectivity index (χ0) is 15.9. The Hall–Kier alpha value is -2.83. The lowest BCUT2D eigenvalue weighted by atomic mass is 10.2. The molecular weight excluding hydrogens is 286 g/mol. The number of benzene rings is 1. The molecule has 2 rings (SSSR count). The number of hydrogen-bond acceptors (Lipinski definition) is 4. The normalized spacial score (nSPS) is 10.2. The molecule has 7 heteroatoms. The van der Waals surface area contributed by atoms with Crippen LogP contribution >= 0.6 is 0 Å². The minimum atomic E-state index is -0.907. The molecule has 1 aromatic heterocycles. The summed E-state index contributed by atoms with van der Waals surface area (Å²) in [6, 6.07) is 7.04. The highest BCUT2D eigenvalue weighted by atomic mass is 16.5. The van der Waals surface area contributed by atoms with Crippen molar-refractivity contribution < 1.29 is 19.4 Å². The van der Waals surface area contributed by atoms with Crippen molar-refractivity contribution in [2.45, 2.75) is 19.9 Å². The summed E-state index contributed by atoms with van der Waals surface area (Å²) in [5.41, 5.74) is 1.02. The van der Waals surface area contributed by atoms with Crippen molar-refractivity contribution in [1.29, 1.82) is 0 Å². The maximum absolute atomic E-state index is 12.1. The van der Waals surface area contributed by atoms with Gasteiger partial charge in [0.2, 0.25) is 0 Å². The second kappa shape index (κ2) is 7.26. The second-order valence-electron chi connectivity index (χ2n) is 4.55. The first-order valence-electron chi connectivity index (χ1n) is 6.87. The quantitative estimate of drug-likeness (QED) is 0.816. The summed E-state index contributed by atoms with van der Waals surface area (Å²) in [5, 5.41) is 15.3. The molecule has 2 aromatic rings. The molecule has 22 heavy (non-hydrogen) atoms. The summed E-state index contributed by atoms with van der Waals surface area (Å²) in [6.45, 7) is 2.71. The van der Waals surface area contributed by atoms with Crippen LogP contribution in [0.1, 0.15) is 23.7 Å². The van der Waals surface area contributed by atoms with Gasteiger partial charge in [0.25, 0.3) is 5.91 Å². The van der Waals surface area contributed by atoms with E-state index in [0.29, 0.717) is 17.9 Å². The van der Waals surface area contributed by atoms with Crippen molar-refractivity contribution in [2.75, 3.05) is 11.9 Å². The van der Waals surface area contributed by atoms with Crippen LogP contribution in [-0.2, 0) is 11.3 Å². The number of nitrogens with zero attached hydrogens (tertiary/aromatic N) is 2. The van der Waals surface area contributed by atoms with Crippen LogP contribution in [0.15, 0.2) is 36.7 Å². The number of ether oxygens (including phenoxy) is 1. The summed E-state index contributed by atoms with van der Waals surface area (Å²) in [7, 11) is 0. The highest BCUT2D eigenvalue weighted by molar-refractivity contribution is 6.03. The largest absolute Gasteiger partial charge is 0.494 e. The molecule has 0 aliphatic heterocycles. The minimum Gasteiger partial charge on any atom is -0.494 e. The third kappa shape index (κ3) is 4.34. The first-order chi connectivity index (χ1) is 10.6. The third-order valence-electron chi connectivity index (χ3n) is 2.87. The summed E-state index contributed by atoms with van der Waals surface area (Å²) in [6.07, 6.45) is 2.89. The number of aliphatic carboxylic acids is 1. The van der Waals surface area contributed by atoms with Crippen molar-refractivity contribution in [2.24, 2.45) is 0 Å². The Morgan fingerprint density at radius 3 is 2.68 bits per heavy atom. The smallest absolute Gasteiger partial charge is 0.305 e. The fourth-order valence-corrected chi connectivity index (χ4v) is 1.82. The van der Waals surface area contributed by atoms with Crippen molar-refractivity contribution in [3.63, 3.8) is 0 Å². The van der Waals surface area contributed by atoms with Gasteiger partial charge in [-0.15, -0.1) is 0 Å². The SMILES string of the molecule is CCOc1ccc(NC(=O)c2cnn(CCC(=O)O)c2)cc1. The van der Waals surface area contributed by atoms with Crippen LogP contribution in [0.25, 0.3) is 0 Å². The van der Waals surface area contributed by atoms with Crippen LogP contribution in [0.5, 0.6) is 5.75 Å². The molecule has 1 amide bonds. The number of aromatic nitrogens is 2. The second-order valence-corrected chi connectivity index (χ2v) is 4.55. The number of anilines is 1. The van der Waals surface area contributed by atoms with Gasteiger partial charge in [-0.05, 0) is 31.2 Å². The molecule has 0 aliphatic carbocycles. The lowest BCUT2D eigenvalue weighted by Gasteiger charge is -2.06. The average molecular weight is 303 g/mol. The number of carbonyl (C=O) groups excluding carboxylic acids is 1. The molecule has 1 aromatic carbocycles. The number of nitrogens with one attached hydrogen (secondary N) is 1. The molecule has 116 valence electrons. The topological polar surface area (TPSA) is 93.5 Å². The summed E-state index contributed by atoms with van der Waals surface area (Å²) >= 11 is 0. The Bertz CT molecular complexity index is 649. The van der Waals surface area contributed by atoms with Crippen molar-refractivity contribution in [3.8, 4) is 5.75 Å². The fourth-order valence-electron chi connectivity index (χ4n) is 1.82. The Kier molecular flexibility index (Phi) is 5.13. The van der Waals surface area contributed by atoms with Crippen LogP contribution in [0.2, 0.25) is 0 Å². The van der Waals surface area contributed by atoms with Crippen LogP contribution < -0.4 is 10.1 Å². The van der Waals surface area contributed by atoms with E-state index in [2.05, 4.69) is 10.4 Å². The number of carboxylic acids is 1. The molecule has 7 nitrogen and oxygen atoms in total. The maximum atomic E-state index is 12.1. The van der Waals surface area contributed by atoms with Gasteiger partial charge in [-0.1, -0.05) is 0 Å². The van der Waals surface area contributed by atoms with Gasteiger partial charge in [-0.2, -0.15) is 5.10 Å². The molecule has 0 bridgehead atoms. The molecule has 1 heterocycles. The molecule has 0 saturated carbocycles. The van der Waals surface area contributed by atoms with E-state index in [4.69, 9.17) is 9.84 Å². The molecule has 0 atom stereocenters. The molecular formula is C15H17N3O4. The van der Waals surface area contributed by atoms with E-state index in [9.17, 15) is 9.59 Å². The Morgan fingerprint density at radius 2 is 2.05 bits per heavy atom. The molecule has 2 N–H and O–H groups in total. The lowest BCUT2D eigenvalue weighted by molar-refractivity contribution is -0.137. The number of hydrogen-bond donors (Lipinski definition) is 2. The Balaban J connectivity index is 1.95. The van der Waals surface area contributed by atoms with Crippen LogP contribution in [-0.4, -0.2) is 33.4 Å². The van der Waals surface area contributed by atoms with Crippen molar-refractivity contribution >= 4 is 17.6 Å². The van der Waals surface area contributed by atoms with E-state index in [0.717, 1.165) is 5.75 Å². The van der Waals surface area contributed by atoms with E-state index in [1.165, 1.54) is 17.1 Å². The molecule has 0 aliphatic rings. The van der Waals surface area contributed by atoms with Gasteiger partial charge in [0.15, 0.2) is 0 Å². The van der Waals surface area contributed by atoms with Crippen molar-refractivity contribution in [3.05, 3.63) is 42.2 Å². The standard InChI is InChI=1S/C15H17N3O4/c1-2-22-13-5-3-12(4-6-13)17-15(21)11-9-16-18(10-11)8-7-14(19)20/h3-6,9-10H,2,7-8H2,1H3,(H,17,21)(H,19,20). The minimum absolute atomic E-state index is 0.0400. The Labute approximate surface area is 127 Å². The number of aryl methyl sites for hydroxylation is 1. The summed E-state index contributed by atoms with van der Waals surface area (Å²) in [4.78, 5) is 22.6. The number of amides is 1. The van der Waals surface area contributed by atoms with E-state index >= 15 is 0 Å². The van der Waals surface area contributed by atoms with Crippen LogP contribution in [0.4, 0.5) is 5.69 Å². The van der Waals surface area contributed by atoms with Gasteiger partial charge >= 0.3 is 5.97 Å². The van der Waals surface area contributed by atoms with E-state index in [-0.39, 0.29) is 18.9 Å². The molecule has 0 spiro atoms. The van der Waals surface area contributed by atoms with Crippen LogP contribution in [0, 0.1) is 0 Å². The van der Waals surface area contributed by atoms with Gasteiger partial charge in [0.1, 0.15) is 5.75 Å². The highest BCUT2D eigenvalue weighted by Crippen LogP contribution is 2.16. The van der Waals surface area contributed by atoms with E-state index in [1.807, 2.05) is 6.92 Å². The van der Waals surface area contributed by atoms with Gasteiger partial charge in [0.05, 0.1) is 31.3 Å². The number of rotatable bonds is 7. The molecule has 0 radical (unpaired) electrons. The first-order valence-corrected chi connectivity index (χ1v) is 6.87. The maximum Gasteiger partial charge on any atom is 0.305 e. The lowest BCUT2D eigenvalue weighted by Crippen LogP contribution is -2.11. The van der Waals surface area contributed by atoms with Gasteiger partial charge in [0, 0.05) is 11.9 Å². The van der Waals surface area contributed by atoms with Crippen molar-refractivity contribution in [1.82, 2.24) is 9.78 Å². The van der Waals surface area contributed by atoms with Gasteiger partial charge in [-0.25, -0.2) is 0 Å². The van der Waals surface area contributed by atoms with E-state index in [1.54, 1.807) is 24.3 Å². The monoisotopic (exact) mass is 303 g/mol. The first kappa shape index (κ1) is 15.6. The predicted molar refractivity (Wildman–Crippen MR) is 80.0 cm³/mol. The zero-order valence-corrected chi connectivity index (χ0v) is 12.2. The molecule has 0 fully saturated rings. The zero-order valence-electron chi connectivity index (χ0n) is 12.2. The molecule has 0 saturated heterocycles. The Morgan fingerprint density at radius 1 is 1.32 bits per heavy atom. The third-order valence-corrected chi connectivity index (χ3v) is 2.87. The predicted octanol–water partition coefficient (Wildman–Crippen LogP) is 2.01.